The molecule has 5 fully saturated rings. The smallest absolute Gasteiger partial charge is 0.489 e. The predicted molar refractivity (Wildman–Crippen MR) is 533 cm³/mol. The third-order valence-electron chi connectivity index (χ3n) is 26.1. The lowest BCUT2D eigenvalue weighted by Crippen LogP contribution is -2.41. The van der Waals surface area contributed by atoms with Gasteiger partial charge in [0.15, 0.2) is 0 Å². The van der Waals surface area contributed by atoms with E-state index in [1.54, 1.807) is 67.1 Å². The molecule has 0 spiro atoms. The fourth-order valence-corrected chi connectivity index (χ4v) is 17.5. The van der Waals surface area contributed by atoms with Crippen molar-refractivity contribution in [3.8, 4) is 68.3 Å². The van der Waals surface area contributed by atoms with Gasteiger partial charge in [-0.2, -0.15) is 5.10 Å². The Kier molecular flexibility index (Phi) is 36.5. The summed E-state index contributed by atoms with van der Waals surface area (Å²) in [5.41, 5.74) is 15.3. The van der Waals surface area contributed by atoms with Crippen LogP contribution in [0.4, 0.5) is 24.9 Å². The monoisotopic (exact) mass is 2100 g/mol. The van der Waals surface area contributed by atoms with Crippen molar-refractivity contribution < 1.29 is 76.5 Å². The predicted octanol–water partition coefficient (Wildman–Crippen LogP) is 19.1. The van der Waals surface area contributed by atoms with E-state index in [-0.39, 0.29) is 98.9 Å². The zero-order valence-corrected chi connectivity index (χ0v) is 87.2. The van der Waals surface area contributed by atoms with E-state index in [1.807, 2.05) is 195 Å². The van der Waals surface area contributed by atoms with E-state index in [9.17, 15) is 39.2 Å². The molecular weight excluding hydrogens is 1980 g/mol. The van der Waals surface area contributed by atoms with E-state index in [2.05, 4.69) is 87.8 Å². The van der Waals surface area contributed by atoms with Gasteiger partial charge in [-0.3, -0.25) is 39.5 Å². The van der Waals surface area contributed by atoms with Crippen LogP contribution in [0.25, 0.3) is 56.8 Å². The number of pyridine rings is 5. The van der Waals surface area contributed by atoms with E-state index in [0.29, 0.717) is 41.0 Å². The van der Waals surface area contributed by atoms with Crippen molar-refractivity contribution in [2.24, 2.45) is 41.2 Å². The maximum atomic E-state index is 12.6. The van der Waals surface area contributed by atoms with Crippen LogP contribution in [-0.4, -0.2) is 198 Å². The number of nitro groups is 1. The summed E-state index contributed by atoms with van der Waals surface area (Å²) in [7, 11) is 14.3. The van der Waals surface area contributed by atoms with Crippen LogP contribution in [0.1, 0.15) is 201 Å². The number of hydrogen-bond acceptors (Lipinski definition) is 27. The summed E-state index contributed by atoms with van der Waals surface area (Å²) in [6.45, 7) is 21.8. The Hall–Kier alpha value is -11.8. The van der Waals surface area contributed by atoms with Crippen LogP contribution >= 0.6 is 47.8 Å². The molecule has 0 radical (unpaired) electrons. The molecule has 10 aromatic heterocycles. The molecule has 36 nitrogen and oxygen atoms in total. The van der Waals surface area contributed by atoms with Gasteiger partial charge >= 0.3 is 37.5 Å². The Labute approximate surface area is 836 Å². The number of amides is 3. The topological polar surface area (TPSA) is 395 Å². The minimum atomic E-state index is -0.930. The molecule has 5 aliphatic rings. The number of rotatable bonds is 24. The third-order valence-corrected chi connectivity index (χ3v) is 28.6. The van der Waals surface area contributed by atoms with Gasteiger partial charge in [0.25, 0.3) is 5.69 Å². The summed E-state index contributed by atoms with van der Waals surface area (Å²) in [6, 6.07) is 25.1. The number of ether oxygens (including phenoxy) is 7. The number of esters is 1. The molecule has 4 aliphatic carbocycles. The zero-order chi connectivity index (χ0) is 100. The average Bonchev–Trinajstić information content (AvgIpc) is 1.61. The van der Waals surface area contributed by atoms with Gasteiger partial charge in [0.2, 0.25) is 0 Å². The van der Waals surface area contributed by atoms with Gasteiger partial charge in [0.05, 0.1) is 152 Å². The minimum absolute atomic E-state index is 0.0391. The fourth-order valence-electron chi connectivity index (χ4n) is 16.9. The van der Waals surface area contributed by atoms with Crippen molar-refractivity contribution in [2.45, 2.75) is 253 Å². The largest absolute Gasteiger partial charge is 0.514 e. The van der Waals surface area contributed by atoms with Crippen molar-refractivity contribution in [1.82, 2.24) is 87.6 Å². The Balaban J connectivity index is 0.000000159. The third kappa shape index (κ3) is 27.0. The summed E-state index contributed by atoms with van der Waals surface area (Å²) in [5, 5.41) is 24.3. The molecule has 1 saturated heterocycles. The lowest BCUT2D eigenvalue weighted by atomic mass is 9.78. The minimum Gasteiger partial charge on any atom is -0.489 e. The van der Waals surface area contributed by atoms with Crippen LogP contribution in [0.5, 0.6) is 11.5 Å². The number of aryl methyl sites for hydroxylation is 10. The second-order valence-corrected chi connectivity index (χ2v) is 39.3. The summed E-state index contributed by atoms with van der Waals surface area (Å²) in [4.78, 5) is 118. The maximum Gasteiger partial charge on any atom is 0.514 e. The first-order chi connectivity index (χ1) is 66.2. The molecule has 40 heteroatoms. The average molecular weight is 2100 g/mol. The molecule has 139 heavy (non-hydrogen) atoms. The van der Waals surface area contributed by atoms with E-state index < -0.39 is 29.4 Å². The number of imidazole rings is 4. The van der Waals surface area contributed by atoms with E-state index in [1.165, 1.54) is 49.9 Å². The molecule has 3 amide bonds. The number of aliphatic hydroxyl groups excluding tert-OH is 1. The molecule has 0 bridgehead atoms. The van der Waals surface area contributed by atoms with Gasteiger partial charge in [-0.15, -0.1) is 0 Å². The summed E-state index contributed by atoms with van der Waals surface area (Å²) in [5.74, 6) is 0.600. The van der Waals surface area contributed by atoms with E-state index in [0.717, 1.165) is 180 Å². The Morgan fingerprint density at radius 3 is 1.27 bits per heavy atom. The highest BCUT2D eigenvalue weighted by molar-refractivity contribution is 9.11. The SMILES string of the molecule is Cc1nc(-c2cnn(C)c2COC(=O)N(C)C2CCCC2)ccc1O[C@H]1CCC[C@H](C(=O)OC(C)C)C1.Cc1nc(-c2ncn(C)c2CO)ccc1Br.Cc1nc(-c2ncn(C)c2COC(=O)N(C)C2CCCC2)ccc1B1OC(C)(C)C(C)(C)O1.Cc1nc(-c2ncn(C)c2COC(=O)N(C)C2CCCC2)ccc1Br.Cc1nc(-c2ncn(C)c2COC(=O)Oc2ccc([N+](=O)[O-])cc2)ccc1Br. The van der Waals surface area contributed by atoms with Crippen molar-refractivity contribution in [3.05, 3.63) is 197 Å². The number of aromatic nitrogens is 15. The summed E-state index contributed by atoms with van der Waals surface area (Å²) in [6.07, 6.45) is 23.1. The van der Waals surface area contributed by atoms with Gasteiger partial charge in [0, 0.05) is 117 Å². The standard InChI is InChI=1S/C28H40N4O5.C24H35BN4O4.C18H15BrN4O5.C18H23BrN4O2.C11H12BrN3O/c1-18(2)36-27(33)20-9-8-12-22(15-20)37-26-14-13-24(30-19(26)3)23-16-29-32(5)25(23)17-35-28(34)31(4)21-10-6-7-11-21;1-16-18(25-32-23(2,3)24(4,5)33-25)12-13-19(27-16)21-20(28(6)15-26-21)14-31-22(30)29(7)17-10-8-9-11-17;1-11-14(19)7-8-15(21-11)17-16(22(2)10-20-17)9-27-18(24)28-13-5-3-12(4-6-13)23(25)26;1-12-14(19)8-9-15(21-12)17-16(22(2)11-20-17)10-25-18(24)23(3)13-6-4-5-7-13;1-7-8(12)3-4-9(14-7)11-10(5-16)15(2)6-13-11/h13-14,16,18,20-22H,6-12,15,17H2,1-5H3;12-13,15,17H,8-11,14H2,1-7H3;3-8,10H,9H2,1-2H3;8-9,11,13H,4-7,10H2,1-3H3;3-4,6,16H,5H2,1-2H3/t20-,22-;;;;/m0..../s1. The summed E-state index contributed by atoms with van der Waals surface area (Å²) >= 11 is 10.3. The zero-order valence-electron chi connectivity index (χ0n) is 82.5. The fraction of sp³-hybridized carbons (Fsp3) is 0.485. The van der Waals surface area contributed by atoms with Crippen LogP contribution in [0.3, 0.4) is 0 Å². The summed E-state index contributed by atoms with van der Waals surface area (Å²) < 4.78 is 62.9. The van der Waals surface area contributed by atoms with Crippen LogP contribution < -0.4 is 14.9 Å². The number of benzene rings is 1. The first kappa shape index (κ1) is 106. The highest BCUT2D eigenvalue weighted by atomic mass is 79.9. The molecule has 1 N–H and O–H groups in total. The number of nitrogens with zero attached hydrogens (tertiary/aromatic N) is 19. The molecule has 11 aromatic rings. The highest BCUT2D eigenvalue weighted by Gasteiger charge is 2.52. The second-order valence-electron chi connectivity index (χ2n) is 36.7. The number of carbonyl (C=O) groups is 5. The molecule has 1 aliphatic heterocycles. The van der Waals surface area contributed by atoms with Crippen LogP contribution in [-0.2, 0) is 106 Å². The Morgan fingerprint density at radius 2 is 0.878 bits per heavy atom. The van der Waals surface area contributed by atoms with Gasteiger partial charge in [-0.05, 0) is 255 Å². The van der Waals surface area contributed by atoms with Gasteiger partial charge < -0.3 is 80.5 Å². The van der Waals surface area contributed by atoms with Crippen LogP contribution in [0.15, 0.2) is 130 Å². The molecule has 16 rings (SSSR count). The number of hydrogen-bond donors (Lipinski definition) is 1. The Bertz CT molecular complexity index is 6100. The van der Waals surface area contributed by atoms with Gasteiger partial charge in [-0.1, -0.05) is 44.6 Å². The van der Waals surface area contributed by atoms with Crippen molar-refractivity contribution in [3.63, 3.8) is 0 Å². The van der Waals surface area contributed by atoms with Crippen molar-refractivity contribution in [2.75, 3.05) is 21.1 Å². The molecule has 1 aromatic carbocycles. The first-order valence-corrected chi connectivity index (χ1v) is 49.1. The molecule has 742 valence electrons. The number of non-ortho nitro benzene ring substituents is 1. The number of aliphatic hydroxyl groups is 1. The van der Waals surface area contributed by atoms with Crippen LogP contribution in [0.2, 0.25) is 0 Å². The molecule has 11 heterocycles. The maximum absolute atomic E-state index is 12.6. The van der Waals surface area contributed by atoms with E-state index >= 15 is 0 Å². The molecule has 4 saturated carbocycles. The van der Waals surface area contributed by atoms with Gasteiger partial charge in [0.1, 0.15) is 60.7 Å². The van der Waals surface area contributed by atoms with Crippen LogP contribution in [0, 0.1) is 50.7 Å². The molecular formula is C99H125BBr3N19O17. The number of nitro benzene ring substituents is 1. The van der Waals surface area contributed by atoms with Crippen molar-refractivity contribution in [1.29, 1.82) is 0 Å². The molecule has 2 atom stereocenters. The number of halogens is 3. The quantitative estimate of drug-likeness (QED) is 0.0147. The second kappa shape index (κ2) is 47.9. The van der Waals surface area contributed by atoms with Crippen molar-refractivity contribution >= 4 is 96.5 Å². The highest BCUT2D eigenvalue weighted by Crippen LogP contribution is 2.39. The first-order valence-electron chi connectivity index (χ1n) is 46.7. The molecule has 0 unspecified atom stereocenters. The Morgan fingerprint density at radius 1 is 0.496 bits per heavy atom. The van der Waals surface area contributed by atoms with E-state index in [4.69, 9.17) is 52.4 Å². The normalized spacial score (nSPS) is 16.1. The van der Waals surface area contributed by atoms with Gasteiger partial charge in [-0.25, -0.2) is 44.1 Å². The lowest BCUT2D eigenvalue weighted by Gasteiger charge is -2.32. The number of carbonyl (C=O) groups excluding carboxylic acids is 5. The lowest BCUT2D eigenvalue weighted by molar-refractivity contribution is -0.384.